The molecule has 8 unspecified atom stereocenters. The van der Waals surface area contributed by atoms with Crippen molar-refractivity contribution in [1.29, 1.82) is 0 Å². The molecule has 10 rings (SSSR count). The van der Waals surface area contributed by atoms with Crippen LogP contribution in [-0.2, 0) is 56.8 Å². The molecule has 374 valence electrons. The summed E-state index contributed by atoms with van der Waals surface area (Å²) >= 11 is 0. The number of esters is 2. The largest absolute Gasteiger partial charge is 0.549 e. The molecule has 4 N–H and O–H groups in total. The van der Waals surface area contributed by atoms with E-state index in [0.29, 0.717) is 69.1 Å². The molecule has 9 fully saturated rings. The highest BCUT2D eigenvalue weighted by molar-refractivity contribution is 7.79. The summed E-state index contributed by atoms with van der Waals surface area (Å²) in [4.78, 5) is 54.4. The summed E-state index contributed by atoms with van der Waals surface area (Å²) in [5, 5.41) is 17.3. The molecule has 0 radical (unpaired) electrons. The fourth-order valence-electron chi connectivity index (χ4n) is 8.07. The summed E-state index contributed by atoms with van der Waals surface area (Å²) in [6, 6.07) is 0. The van der Waals surface area contributed by atoms with E-state index in [9.17, 15) is 14.4 Å². The van der Waals surface area contributed by atoms with Gasteiger partial charge in [0.05, 0.1) is 92.3 Å². The smallest absolute Gasteiger partial charge is 0.466 e. The Kier molecular flexibility index (Phi) is 28.0. The van der Waals surface area contributed by atoms with Crippen molar-refractivity contribution >= 4 is 37.3 Å². The lowest BCUT2D eigenvalue weighted by molar-refractivity contribution is -0.146. The third kappa shape index (κ3) is 19.7. The molecule has 0 bridgehead atoms. The van der Waals surface area contributed by atoms with E-state index in [1.165, 1.54) is 12.8 Å². The Bertz CT molecular complexity index is 1560. The molecule has 4 aliphatic carbocycles. The molecule has 8 atom stereocenters. The number of terminal acetylenes is 1. The number of aliphatic hydroxyl groups is 2. The van der Waals surface area contributed by atoms with Crippen molar-refractivity contribution in [2.75, 3.05) is 113 Å². The van der Waals surface area contributed by atoms with E-state index in [2.05, 4.69) is 24.8 Å². The van der Waals surface area contributed by atoms with Gasteiger partial charge in [-0.1, -0.05) is 26.0 Å². The topological polar surface area (TPSA) is 288 Å². The van der Waals surface area contributed by atoms with E-state index in [4.69, 9.17) is 72.0 Å². The van der Waals surface area contributed by atoms with Crippen LogP contribution < -0.4 is 0 Å². The number of hydrogen-bond donors (Lipinski definition) is 4. The second-order valence-corrected chi connectivity index (χ2v) is 18.0. The zero-order chi connectivity index (χ0) is 49.8. The van der Waals surface area contributed by atoms with Crippen LogP contribution in [0.2, 0.25) is 0 Å². The first-order valence-corrected chi connectivity index (χ1v) is 24.2. The Morgan fingerprint density at radius 1 is 0.773 bits per heavy atom. The maximum atomic E-state index is 11.1. The van der Waals surface area contributed by atoms with Crippen molar-refractivity contribution in [1.82, 2.24) is 0 Å². The number of rotatable bonds is 9. The number of ketones is 1. The van der Waals surface area contributed by atoms with Crippen molar-refractivity contribution in [2.45, 2.75) is 47.4 Å². The molecular weight excluding hydrogens is 883 g/mol. The molecule has 66 heavy (non-hydrogen) atoms. The highest BCUT2D eigenvalue weighted by Crippen LogP contribution is 2.53. The van der Waals surface area contributed by atoms with Gasteiger partial charge in [0.1, 0.15) is 0 Å². The van der Waals surface area contributed by atoms with Crippen LogP contribution in [-0.4, -0.2) is 172 Å². The standard InChI is InChI=1S/C8H12O3.C7H8O.2C6H10O2.C4H8N2O4P.C4H6N2O2.C4H8O.C4H6O.C2H6/c1-2-11-8(9)7-5-3-10-4-6(5)7;1-2-5-6-3-8-4-7(5)6;2*7-1-4-5-2-8-3-6(4)5;1-3(7)4(6-5)11(8,9)10-2;1-2-8-4(7)3-6-5;2*1-2-4-5-3-1;1-2/h5-7H,2-4H2,1H3;1,5-7H,3-4H2;2*4-7H,1-3H2;8-9H,1-2H3;3H,2H2,1H3;1-4H2;1-2H,3-4H2;1-2H3/q;;;;+1;;;;/i;;;;;;;;1D. The molecule has 0 amide bonds. The number of carbonyl (C=O) groups is 3. The quantitative estimate of drug-likeness (QED) is 0.0491. The van der Waals surface area contributed by atoms with Crippen LogP contribution >= 0.6 is 7.94 Å². The minimum Gasteiger partial charge on any atom is -0.466 e. The van der Waals surface area contributed by atoms with Crippen LogP contribution in [0.1, 0.15) is 48.8 Å². The van der Waals surface area contributed by atoms with Gasteiger partial charge in [-0.2, -0.15) is 19.1 Å². The predicted octanol–water partition coefficient (Wildman–Crippen LogP) is 2.54. The predicted molar refractivity (Wildman–Crippen MR) is 240 cm³/mol. The Morgan fingerprint density at radius 3 is 1.44 bits per heavy atom. The van der Waals surface area contributed by atoms with Gasteiger partial charge in [0.2, 0.25) is 0 Å². The summed E-state index contributed by atoms with van der Waals surface area (Å²) < 4.78 is 49.9. The molecule has 6 aliphatic heterocycles. The summed E-state index contributed by atoms with van der Waals surface area (Å²) in [6.07, 6.45) is 12.5. The van der Waals surface area contributed by atoms with Gasteiger partial charge in [-0.05, 0) is 62.2 Å². The van der Waals surface area contributed by atoms with Crippen molar-refractivity contribution in [3.05, 3.63) is 23.2 Å². The summed E-state index contributed by atoms with van der Waals surface area (Å²) in [6.45, 7) is 19.0. The van der Waals surface area contributed by atoms with E-state index in [-0.39, 0.29) is 11.9 Å². The first-order chi connectivity index (χ1) is 32.3. The molecule has 21 heteroatoms. The van der Waals surface area contributed by atoms with Crippen LogP contribution in [0.5, 0.6) is 0 Å². The molecule has 4 saturated carbocycles. The molecule has 10 aliphatic rings. The lowest BCUT2D eigenvalue weighted by atomic mass is 10.3. The van der Waals surface area contributed by atoms with Crippen LogP contribution in [0, 0.1) is 83.4 Å². The number of carbonyl (C=O) groups excluding carboxylic acids is 3. The van der Waals surface area contributed by atoms with E-state index in [1.807, 2.05) is 19.1 Å². The summed E-state index contributed by atoms with van der Waals surface area (Å²) in [5.41, 5.74) is 15.1. The van der Waals surface area contributed by atoms with Gasteiger partial charge in [0, 0.05) is 64.3 Å². The van der Waals surface area contributed by atoms with Crippen molar-refractivity contribution < 1.29 is 87.8 Å². The van der Waals surface area contributed by atoms with Gasteiger partial charge in [-0.15, -0.1) is 17.1 Å². The number of nitrogens with zero attached hydrogens (tertiary/aromatic N) is 4. The van der Waals surface area contributed by atoms with Gasteiger partial charge in [-0.3, -0.25) is 9.59 Å². The fourth-order valence-corrected chi connectivity index (χ4v) is 8.77. The zero-order valence-electron chi connectivity index (χ0n) is 40.1. The molecule has 6 heterocycles. The number of aliphatic hydroxyl groups excluding tert-OH is 2. The molecular formula is C45H74N4O16P+. The first-order valence-electron chi connectivity index (χ1n) is 23.3. The molecule has 0 aromatic rings. The van der Waals surface area contributed by atoms with E-state index in [1.54, 1.807) is 13.8 Å². The minimum atomic E-state index is -3.94. The molecule has 0 aromatic heterocycles. The van der Waals surface area contributed by atoms with Gasteiger partial charge >= 0.3 is 31.5 Å². The van der Waals surface area contributed by atoms with Gasteiger partial charge in [0.25, 0.3) is 5.78 Å². The molecule has 5 saturated heterocycles. The molecule has 0 spiro atoms. The SMILES string of the molecule is C#CC1C2COCC12.C1=CCOC1.C1CCOC1.CCOC(=O)C1C2COCC21.CCOC(=O)C=[N+]=[N-].CO[P+](O)(O)C(=[N+]=[N-])C(C)=O.OCC1C2COCC12.OCC1C2COCC12.[2H]CC. The Hall–Kier alpha value is -3.34. The average molecular weight is 959 g/mol. The lowest BCUT2D eigenvalue weighted by Crippen LogP contribution is -2.16. The number of ether oxygens (including phenoxy) is 8. The zero-order valence-corrected chi connectivity index (χ0v) is 40.0. The number of fused-ring (bicyclic) bond motifs is 4. The van der Waals surface area contributed by atoms with Gasteiger partial charge in [-0.25, -0.2) is 4.79 Å². The summed E-state index contributed by atoms with van der Waals surface area (Å²) in [7, 11) is -2.94. The second kappa shape index (κ2) is 32.4. The van der Waals surface area contributed by atoms with Crippen LogP contribution in [0.3, 0.4) is 0 Å². The fraction of sp³-hybridized carbons (Fsp3) is 0.800. The van der Waals surface area contributed by atoms with Gasteiger partial charge in [0.15, 0.2) is 0 Å². The maximum Gasteiger partial charge on any atom is 0.549 e. The highest BCUT2D eigenvalue weighted by atomic mass is 31.2. The van der Waals surface area contributed by atoms with Crippen molar-refractivity contribution in [3.8, 4) is 12.3 Å². The maximum absolute atomic E-state index is 11.1. The van der Waals surface area contributed by atoms with E-state index in [0.717, 1.165) is 129 Å². The minimum absolute atomic E-state index is 0.0224. The Balaban J connectivity index is 0.000000263. The van der Waals surface area contributed by atoms with Crippen molar-refractivity contribution in [2.24, 2.45) is 71.0 Å². The van der Waals surface area contributed by atoms with Crippen LogP contribution in [0.15, 0.2) is 12.2 Å². The third-order valence-corrected chi connectivity index (χ3v) is 13.6. The number of Topliss-reactive ketones (excluding diaryl/α,β-unsaturated/α-hetero) is 1. The average Bonchev–Trinajstić information content (AvgIpc) is 3.94. The van der Waals surface area contributed by atoms with E-state index < -0.39 is 25.1 Å². The normalized spacial score (nSPS) is 31.5. The molecule has 20 nitrogen and oxygen atoms in total. The van der Waals surface area contributed by atoms with Crippen molar-refractivity contribution in [3.63, 3.8) is 0 Å². The summed E-state index contributed by atoms with van der Waals surface area (Å²) in [5.74, 6) is 8.63. The highest BCUT2D eigenvalue weighted by Gasteiger charge is 2.59. The van der Waals surface area contributed by atoms with Gasteiger partial charge < -0.3 is 59.2 Å². The van der Waals surface area contributed by atoms with E-state index >= 15 is 0 Å². The second-order valence-electron chi connectivity index (χ2n) is 16.2. The number of hydrogen-bond acceptors (Lipinski definition) is 16. The first kappa shape index (κ1) is 57.0. The lowest BCUT2D eigenvalue weighted by Gasteiger charge is -2.02. The monoisotopic (exact) mass is 958 g/mol. The molecule has 0 aromatic carbocycles. The Morgan fingerprint density at radius 2 is 1.20 bits per heavy atom. The third-order valence-electron chi connectivity index (χ3n) is 12.1. The Labute approximate surface area is 391 Å². The van der Waals surface area contributed by atoms with Crippen LogP contribution in [0.25, 0.3) is 11.1 Å². The van der Waals surface area contributed by atoms with Crippen LogP contribution in [0.4, 0.5) is 0 Å².